The Hall–Kier alpha value is -0.0400. The highest BCUT2D eigenvalue weighted by molar-refractivity contribution is 4.95. The molecule has 1 saturated carbocycles. The molecule has 1 aliphatic carbocycles. The molecule has 1 unspecified atom stereocenters. The van der Waals surface area contributed by atoms with E-state index in [9.17, 15) is 0 Å². The van der Waals surface area contributed by atoms with E-state index in [1.54, 1.807) is 0 Å². The summed E-state index contributed by atoms with van der Waals surface area (Å²) in [5.74, 6) is 0.827. The normalized spacial score (nSPS) is 21.5. The van der Waals surface area contributed by atoms with Crippen LogP contribution < -0.4 is 5.32 Å². The SMILES string of the molecule is CNC(CCC(C)(C)C)C1(CC(C)C)CCCC1. The molecule has 0 heterocycles. The minimum atomic E-state index is 0.465. The maximum Gasteiger partial charge on any atom is 0.0121 e. The first-order valence-corrected chi connectivity index (χ1v) is 7.96. The van der Waals surface area contributed by atoms with Crippen molar-refractivity contribution in [3.63, 3.8) is 0 Å². The molecule has 0 saturated heterocycles. The van der Waals surface area contributed by atoms with Crippen LogP contribution in [0.2, 0.25) is 0 Å². The molecule has 0 amide bonds. The van der Waals surface area contributed by atoms with Crippen LogP contribution in [0.25, 0.3) is 0 Å². The number of nitrogens with one attached hydrogen (secondary N) is 1. The van der Waals surface area contributed by atoms with E-state index in [1.807, 2.05) is 0 Å². The lowest BCUT2D eigenvalue weighted by Crippen LogP contribution is -2.43. The van der Waals surface area contributed by atoms with Gasteiger partial charge in [0.2, 0.25) is 0 Å². The summed E-state index contributed by atoms with van der Waals surface area (Å²) in [6.45, 7) is 11.9. The minimum absolute atomic E-state index is 0.465. The van der Waals surface area contributed by atoms with Crippen molar-refractivity contribution in [2.75, 3.05) is 7.05 Å². The molecule has 1 atom stereocenters. The van der Waals surface area contributed by atoms with Crippen LogP contribution in [0.15, 0.2) is 0 Å². The summed E-state index contributed by atoms with van der Waals surface area (Å²) in [6.07, 6.45) is 9.86. The third kappa shape index (κ3) is 4.57. The van der Waals surface area contributed by atoms with Gasteiger partial charge in [0.05, 0.1) is 0 Å². The van der Waals surface area contributed by atoms with Gasteiger partial charge < -0.3 is 5.32 Å². The van der Waals surface area contributed by atoms with Crippen molar-refractivity contribution in [3.8, 4) is 0 Å². The summed E-state index contributed by atoms with van der Waals surface area (Å²) >= 11 is 0. The van der Waals surface area contributed by atoms with Gasteiger partial charge in [0.1, 0.15) is 0 Å². The maximum atomic E-state index is 3.66. The van der Waals surface area contributed by atoms with Gasteiger partial charge >= 0.3 is 0 Å². The predicted octanol–water partition coefficient (Wildman–Crippen LogP) is 5.01. The lowest BCUT2D eigenvalue weighted by molar-refractivity contribution is 0.141. The van der Waals surface area contributed by atoms with Crippen LogP contribution in [-0.2, 0) is 0 Å². The Bertz CT molecular complexity index is 230. The van der Waals surface area contributed by atoms with Gasteiger partial charge in [0, 0.05) is 6.04 Å². The molecule has 0 aromatic rings. The summed E-state index contributed by atoms with van der Waals surface area (Å²) in [4.78, 5) is 0. The van der Waals surface area contributed by atoms with E-state index in [0.29, 0.717) is 10.8 Å². The highest BCUT2D eigenvalue weighted by Gasteiger charge is 2.40. The molecule has 1 aliphatic rings. The van der Waals surface area contributed by atoms with Gasteiger partial charge in [-0.1, -0.05) is 47.5 Å². The molecular formula is C17H35N. The van der Waals surface area contributed by atoms with Gasteiger partial charge in [0.15, 0.2) is 0 Å². The highest BCUT2D eigenvalue weighted by atomic mass is 14.9. The van der Waals surface area contributed by atoms with Crippen LogP contribution in [0, 0.1) is 16.7 Å². The third-order valence-corrected chi connectivity index (χ3v) is 4.68. The standard InChI is InChI=1S/C17H35N/c1-14(2)13-17(10-7-8-11-17)15(18-6)9-12-16(3,4)5/h14-15,18H,7-13H2,1-6H3. The van der Waals surface area contributed by atoms with Crippen LogP contribution in [0.3, 0.4) is 0 Å². The molecule has 0 aromatic heterocycles. The van der Waals surface area contributed by atoms with Crippen molar-refractivity contribution >= 4 is 0 Å². The second kappa shape index (κ2) is 6.41. The zero-order valence-corrected chi connectivity index (χ0v) is 13.6. The zero-order valence-electron chi connectivity index (χ0n) is 13.6. The lowest BCUT2D eigenvalue weighted by Gasteiger charge is -2.40. The fraction of sp³-hybridized carbons (Fsp3) is 1.00. The molecular weight excluding hydrogens is 218 g/mol. The van der Waals surface area contributed by atoms with E-state index in [2.05, 4.69) is 47.0 Å². The van der Waals surface area contributed by atoms with Crippen molar-refractivity contribution < 1.29 is 0 Å². The average Bonchev–Trinajstić information content (AvgIpc) is 2.65. The Kier molecular flexibility index (Phi) is 5.70. The molecule has 108 valence electrons. The number of rotatable bonds is 6. The summed E-state index contributed by atoms with van der Waals surface area (Å²) in [6, 6.07) is 0.724. The first kappa shape index (κ1) is 16.0. The van der Waals surface area contributed by atoms with Crippen LogP contribution in [-0.4, -0.2) is 13.1 Å². The van der Waals surface area contributed by atoms with Crippen LogP contribution in [0.1, 0.15) is 79.6 Å². The summed E-state index contributed by atoms with van der Waals surface area (Å²) in [5, 5.41) is 3.66. The Labute approximate surface area is 115 Å². The van der Waals surface area contributed by atoms with Crippen LogP contribution in [0.5, 0.6) is 0 Å². The molecule has 0 aliphatic heterocycles. The summed E-state index contributed by atoms with van der Waals surface area (Å²) < 4.78 is 0. The van der Waals surface area contributed by atoms with Crippen molar-refractivity contribution in [2.24, 2.45) is 16.7 Å². The van der Waals surface area contributed by atoms with Crippen molar-refractivity contribution in [1.82, 2.24) is 5.32 Å². The van der Waals surface area contributed by atoms with E-state index in [4.69, 9.17) is 0 Å². The van der Waals surface area contributed by atoms with Crippen molar-refractivity contribution in [3.05, 3.63) is 0 Å². The number of hydrogen-bond donors (Lipinski definition) is 1. The molecule has 0 bridgehead atoms. The van der Waals surface area contributed by atoms with Crippen molar-refractivity contribution in [2.45, 2.75) is 85.6 Å². The summed E-state index contributed by atoms with van der Waals surface area (Å²) in [7, 11) is 2.17. The molecule has 1 nitrogen and oxygen atoms in total. The largest absolute Gasteiger partial charge is 0.316 e. The Balaban J connectivity index is 2.69. The quantitative estimate of drug-likeness (QED) is 0.702. The van der Waals surface area contributed by atoms with Gasteiger partial charge in [-0.25, -0.2) is 0 Å². The molecule has 1 heteroatoms. The first-order chi connectivity index (χ1) is 8.29. The second-order valence-corrected chi connectivity index (χ2v) is 8.11. The molecule has 1 fully saturated rings. The molecule has 18 heavy (non-hydrogen) atoms. The molecule has 0 aromatic carbocycles. The van der Waals surface area contributed by atoms with Gasteiger partial charge in [-0.05, 0) is 55.9 Å². The van der Waals surface area contributed by atoms with Crippen LogP contribution >= 0.6 is 0 Å². The van der Waals surface area contributed by atoms with E-state index in [-0.39, 0.29) is 0 Å². The van der Waals surface area contributed by atoms with Gasteiger partial charge in [-0.3, -0.25) is 0 Å². The molecule has 0 radical (unpaired) electrons. The Morgan fingerprint density at radius 2 is 1.67 bits per heavy atom. The van der Waals surface area contributed by atoms with Gasteiger partial charge in [0.25, 0.3) is 0 Å². The minimum Gasteiger partial charge on any atom is -0.316 e. The predicted molar refractivity (Wildman–Crippen MR) is 81.9 cm³/mol. The zero-order chi connectivity index (χ0) is 13.8. The van der Waals surface area contributed by atoms with Gasteiger partial charge in [-0.2, -0.15) is 0 Å². The third-order valence-electron chi connectivity index (χ3n) is 4.68. The van der Waals surface area contributed by atoms with Gasteiger partial charge in [-0.15, -0.1) is 0 Å². The Morgan fingerprint density at radius 1 is 1.11 bits per heavy atom. The van der Waals surface area contributed by atoms with E-state index < -0.39 is 0 Å². The number of hydrogen-bond acceptors (Lipinski definition) is 1. The van der Waals surface area contributed by atoms with Crippen molar-refractivity contribution in [1.29, 1.82) is 0 Å². The second-order valence-electron chi connectivity index (χ2n) is 8.11. The van der Waals surface area contributed by atoms with Crippen LogP contribution in [0.4, 0.5) is 0 Å². The molecule has 1 N–H and O–H groups in total. The average molecular weight is 253 g/mol. The molecule has 0 spiro atoms. The first-order valence-electron chi connectivity index (χ1n) is 7.96. The lowest BCUT2D eigenvalue weighted by atomic mass is 9.70. The van der Waals surface area contributed by atoms with E-state index in [0.717, 1.165) is 12.0 Å². The highest BCUT2D eigenvalue weighted by Crippen LogP contribution is 2.47. The Morgan fingerprint density at radius 3 is 2.06 bits per heavy atom. The summed E-state index contributed by atoms with van der Waals surface area (Å²) in [5.41, 5.74) is 1.06. The van der Waals surface area contributed by atoms with E-state index in [1.165, 1.54) is 44.9 Å². The fourth-order valence-corrected chi connectivity index (χ4v) is 3.92. The fourth-order valence-electron chi connectivity index (χ4n) is 3.92. The monoisotopic (exact) mass is 253 g/mol. The van der Waals surface area contributed by atoms with E-state index >= 15 is 0 Å². The maximum absolute atomic E-state index is 3.66. The smallest absolute Gasteiger partial charge is 0.0121 e. The molecule has 1 rings (SSSR count). The topological polar surface area (TPSA) is 12.0 Å².